The normalized spacial score (nSPS) is 13.7. The number of amides is 3. The summed E-state index contributed by atoms with van der Waals surface area (Å²) in [7, 11) is 0. The molecule has 0 saturated heterocycles. The van der Waals surface area contributed by atoms with Crippen molar-refractivity contribution in [2.75, 3.05) is 13.1 Å². The number of nitrogens with zero attached hydrogens (tertiary/aromatic N) is 1. The second kappa shape index (κ2) is 7.73. The number of imide groups is 1. The van der Waals surface area contributed by atoms with E-state index in [0.29, 0.717) is 36.4 Å². The van der Waals surface area contributed by atoms with Crippen LogP contribution in [0, 0.1) is 5.92 Å². The van der Waals surface area contributed by atoms with Crippen molar-refractivity contribution in [1.82, 2.24) is 10.2 Å². The van der Waals surface area contributed by atoms with E-state index in [0.717, 1.165) is 10.9 Å². The molecule has 1 aliphatic heterocycles. The Hall–Kier alpha value is -1.69. The van der Waals surface area contributed by atoms with E-state index in [1.807, 2.05) is 0 Å². The smallest absolute Gasteiger partial charge is 0.261 e. The minimum Gasteiger partial charge on any atom is -0.356 e. The van der Waals surface area contributed by atoms with Gasteiger partial charge in [0.15, 0.2) is 0 Å². The maximum Gasteiger partial charge on any atom is 0.261 e. The standard InChI is InChI=1S/C17H21BrN2O3/c1-11(2)7-8-19-15(21)4-3-9-20-16(22)13-6-5-12(18)10-14(13)17(20)23/h5-6,10-11H,3-4,7-9H2,1-2H3,(H,19,21). The van der Waals surface area contributed by atoms with Gasteiger partial charge >= 0.3 is 0 Å². The molecule has 2 rings (SSSR count). The number of benzene rings is 1. The van der Waals surface area contributed by atoms with Crippen molar-refractivity contribution in [1.29, 1.82) is 0 Å². The third-order valence-electron chi connectivity index (χ3n) is 3.76. The molecule has 124 valence electrons. The molecule has 0 spiro atoms. The Bertz CT molecular complexity index is 628. The highest BCUT2D eigenvalue weighted by molar-refractivity contribution is 9.10. The van der Waals surface area contributed by atoms with Crippen LogP contribution < -0.4 is 5.32 Å². The zero-order chi connectivity index (χ0) is 17.0. The number of carbonyl (C=O) groups excluding carboxylic acids is 3. The Morgan fingerprint density at radius 2 is 1.91 bits per heavy atom. The van der Waals surface area contributed by atoms with Gasteiger partial charge in [-0.1, -0.05) is 29.8 Å². The highest BCUT2D eigenvalue weighted by atomic mass is 79.9. The van der Waals surface area contributed by atoms with E-state index in [9.17, 15) is 14.4 Å². The summed E-state index contributed by atoms with van der Waals surface area (Å²) in [5.41, 5.74) is 0.852. The molecule has 0 fully saturated rings. The minimum atomic E-state index is -0.286. The monoisotopic (exact) mass is 380 g/mol. The third kappa shape index (κ3) is 4.41. The minimum absolute atomic E-state index is 0.0370. The summed E-state index contributed by atoms with van der Waals surface area (Å²) in [6.45, 7) is 5.14. The molecule has 6 heteroatoms. The molecule has 0 saturated carbocycles. The fourth-order valence-electron chi connectivity index (χ4n) is 2.45. The predicted octanol–water partition coefficient (Wildman–Crippen LogP) is 2.99. The van der Waals surface area contributed by atoms with Crippen molar-refractivity contribution in [3.05, 3.63) is 33.8 Å². The van der Waals surface area contributed by atoms with Gasteiger partial charge in [-0.2, -0.15) is 0 Å². The number of rotatable bonds is 7. The van der Waals surface area contributed by atoms with E-state index >= 15 is 0 Å². The maximum atomic E-state index is 12.3. The summed E-state index contributed by atoms with van der Waals surface area (Å²) in [6.07, 6.45) is 1.73. The highest BCUT2D eigenvalue weighted by Crippen LogP contribution is 2.26. The van der Waals surface area contributed by atoms with E-state index in [1.165, 1.54) is 4.90 Å². The van der Waals surface area contributed by atoms with Crippen molar-refractivity contribution in [2.24, 2.45) is 5.92 Å². The summed E-state index contributed by atoms with van der Waals surface area (Å²) in [4.78, 5) is 37.4. The van der Waals surface area contributed by atoms with Crippen molar-refractivity contribution in [2.45, 2.75) is 33.1 Å². The summed E-state index contributed by atoms with van der Waals surface area (Å²) < 4.78 is 0.767. The first-order chi connectivity index (χ1) is 10.9. The van der Waals surface area contributed by atoms with Crippen molar-refractivity contribution in [3.63, 3.8) is 0 Å². The lowest BCUT2D eigenvalue weighted by Crippen LogP contribution is -2.32. The predicted molar refractivity (Wildman–Crippen MR) is 91.2 cm³/mol. The fraction of sp³-hybridized carbons (Fsp3) is 0.471. The Kier molecular flexibility index (Phi) is 5.93. The molecule has 0 aromatic heterocycles. The van der Waals surface area contributed by atoms with Crippen LogP contribution in [0.3, 0.4) is 0 Å². The van der Waals surface area contributed by atoms with Crippen LogP contribution >= 0.6 is 15.9 Å². The Morgan fingerprint density at radius 1 is 1.22 bits per heavy atom. The average Bonchev–Trinajstić information content (AvgIpc) is 2.71. The Morgan fingerprint density at radius 3 is 2.61 bits per heavy atom. The maximum absolute atomic E-state index is 12.3. The molecule has 0 radical (unpaired) electrons. The summed E-state index contributed by atoms with van der Waals surface area (Å²) in [6, 6.07) is 5.06. The van der Waals surface area contributed by atoms with Crippen LogP contribution in [-0.2, 0) is 4.79 Å². The zero-order valence-electron chi connectivity index (χ0n) is 13.4. The van der Waals surface area contributed by atoms with Gasteiger partial charge in [0.25, 0.3) is 11.8 Å². The van der Waals surface area contributed by atoms with E-state index in [2.05, 4.69) is 35.1 Å². The molecule has 0 unspecified atom stereocenters. The lowest BCUT2D eigenvalue weighted by molar-refractivity contribution is -0.121. The molecule has 1 heterocycles. The molecule has 1 aromatic carbocycles. The average molecular weight is 381 g/mol. The van der Waals surface area contributed by atoms with Gasteiger partial charge in [0.1, 0.15) is 0 Å². The van der Waals surface area contributed by atoms with Crippen LogP contribution in [0.25, 0.3) is 0 Å². The van der Waals surface area contributed by atoms with Gasteiger partial charge < -0.3 is 5.32 Å². The summed E-state index contributed by atoms with van der Waals surface area (Å²) >= 11 is 3.30. The largest absolute Gasteiger partial charge is 0.356 e. The first-order valence-corrected chi connectivity index (χ1v) is 8.62. The third-order valence-corrected chi connectivity index (χ3v) is 4.26. The first-order valence-electron chi connectivity index (χ1n) is 7.82. The van der Waals surface area contributed by atoms with E-state index in [4.69, 9.17) is 0 Å². The molecule has 0 atom stereocenters. The molecule has 5 nitrogen and oxygen atoms in total. The zero-order valence-corrected chi connectivity index (χ0v) is 15.0. The van der Waals surface area contributed by atoms with Gasteiger partial charge in [-0.25, -0.2) is 0 Å². The molecule has 1 aliphatic rings. The molecular weight excluding hydrogens is 360 g/mol. The number of nitrogens with one attached hydrogen (secondary N) is 1. The van der Waals surface area contributed by atoms with Gasteiger partial charge in [-0.3, -0.25) is 19.3 Å². The molecule has 0 bridgehead atoms. The van der Waals surface area contributed by atoms with Gasteiger partial charge in [0.2, 0.25) is 5.91 Å². The van der Waals surface area contributed by atoms with Crippen molar-refractivity contribution < 1.29 is 14.4 Å². The van der Waals surface area contributed by atoms with Crippen LogP contribution in [0.5, 0.6) is 0 Å². The van der Waals surface area contributed by atoms with Gasteiger partial charge in [-0.05, 0) is 37.0 Å². The molecule has 1 aromatic rings. The van der Waals surface area contributed by atoms with Gasteiger partial charge in [0, 0.05) is 24.0 Å². The fourth-order valence-corrected chi connectivity index (χ4v) is 2.81. The molecule has 23 heavy (non-hydrogen) atoms. The second-order valence-electron chi connectivity index (χ2n) is 6.09. The summed E-state index contributed by atoms with van der Waals surface area (Å²) in [5.74, 6) is -0.0535. The number of hydrogen-bond donors (Lipinski definition) is 1. The quantitative estimate of drug-likeness (QED) is 0.739. The molecular formula is C17H21BrN2O3. The van der Waals surface area contributed by atoms with E-state index in [1.54, 1.807) is 18.2 Å². The van der Waals surface area contributed by atoms with Crippen LogP contribution in [0.4, 0.5) is 0 Å². The lowest BCUT2D eigenvalue weighted by Gasteiger charge is -2.13. The summed E-state index contributed by atoms with van der Waals surface area (Å²) in [5, 5.41) is 2.85. The molecule has 3 amide bonds. The van der Waals surface area contributed by atoms with Crippen LogP contribution in [-0.4, -0.2) is 35.7 Å². The van der Waals surface area contributed by atoms with Crippen LogP contribution in [0.15, 0.2) is 22.7 Å². The van der Waals surface area contributed by atoms with E-state index in [-0.39, 0.29) is 24.3 Å². The van der Waals surface area contributed by atoms with E-state index < -0.39 is 0 Å². The Labute approximate surface area is 144 Å². The number of carbonyl (C=O) groups is 3. The highest BCUT2D eigenvalue weighted by Gasteiger charge is 2.35. The SMILES string of the molecule is CC(C)CCNC(=O)CCCN1C(=O)c2ccc(Br)cc2C1=O. The van der Waals surface area contributed by atoms with Crippen molar-refractivity contribution in [3.8, 4) is 0 Å². The molecule has 1 N–H and O–H groups in total. The first kappa shape index (κ1) is 17.7. The van der Waals surface area contributed by atoms with Crippen LogP contribution in [0.2, 0.25) is 0 Å². The second-order valence-corrected chi connectivity index (χ2v) is 7.00. The molecule has 0 aliphatic carbocycles. The lowest BCUT2D eigenvalue weighted by atomic mass is 10.1. The topological polar surface area (TPSA) is 66.5 Å². The van der Waals surface area contributed by atoms with Gasteiger partial charge in [0.05, 0.1) is 11.1 Å². The van der Waals surface area contributed by atoms with Crippen LogP contribution in [0.1, 0.15) is 53.8 Å². The number of halogens is 1. The van der Waals surface area contributed by atoms with Crippen molar-refractivity contribution >= 4 is 33.7 Å². The Balaban J connectivity index is 1.82. The number of hydrogen-bond acceptors (Lipinski definition) is 3. The van der Waals surface area contributed by atoms with Gasteiger partial charge in [-0.15, -0.1) is 0 Å². The number of fused-ring (bicyclic) bond motifs is 1.